The maximum atomic E-state index is 6.47. The van der Waals surface area contributed by atoms with Crippen LogP contribution in [0.5, 0.6) is 0 Å². The molecule has 0 amide bonds. The second kappa shape index (κ2) is 6.22. The molecule has 0 aliphatic heterocycles. The molecule has 1 aromatic heterocycles. The van der Waals surface area contributed by atoms with Crippen molar-refractivity contribution in [3.63, 3.8) is 0 Å². The third-order valence-corrected chi connectivity index (χ3v) is 3.80. The van der Waals surface area contributed by atoms with Crippen LogP contribution >= 0.6 is 11.6 Å². The molecule has 2 aromatic rings. The highest BCUT2D eigenvalue weighted by Crippen LogP contribution is 2.30. The van der Waals surface area contributed by atoms with Gasteiger partial charge in [-0.1, -0.05) is 36.7 Å². The van der Waals surface area contributed by atoms with Crippen LogP contribution in [0.25, 0.3) is 0 Å². The van der Waals surface area contributed by atoms with Crippen molar-refractivity contribution in [2.45, 2.75) is 26.3 Å². The van der Waals surface area contributed by atoms with Crippen molar-refractivity contribution < 1.29 is 0 Å². The Morgan fingerprint density at radius 2 is 2.16 bits per heavy atom. The zero-order valence-electron chi connectivity index (χ0n) is 11.7. The maximum absolute atomic E-state index is 6.47. The lowest BCUT2D eigenvalue weighted by molar-refractivity contribution is 0.553. The molecule has 0 radical (unpaired) electrons. The summed E-state index contributed by atoms with van der Waals surface area (Å²) in [4.78, 5) is 0. The average Bonchev–Trinajstić information content (AvgIpc) is 2.81. The second-order valence-corrected chi connectivity index (χ2v) is 5.12. The monoisotopic (exact) mass is 277 g/mol. The van der Waals surface area contributed by atoms with Crippen molar-refractivity contribution >= 4 is 11.6 Å². The minimum absolute atomic E-state index is 0.0832. The first-order valence-electron chi connectivity index (χ1n) is 6.61. The summed E-state index contributed by atoms with van der Waals surface area (Å²) in [5.74, 6) is 0. The van der Waals surface area contributed by atoms with Gasteiger partial charge in [0.25, 0.3) is 0 Å². The van der Waals surface area contributed by atoms with Gasteiger partial charge in [-0.2, -0.15) is 5.10 Å². The standard InChI is InChI=1S/C15H20ClN3/c1-4-9-17-15(13-8-10-18-19(13)3)12-7-5-6-11(2)14(12)16/h5-8,10,15,17H,4,9H2,1-3H3. The largest absolute Gasteiger partial charge is 0.305 e. The van der Waals surface area contributed by atoms with E-state index < -0.39 is 0 Å². The zero-order chi connectivity index (χ0) is 13.8. The maximum Gasteiger partial charge on any atom is 0.0762 e. The lowest BCUT2D eigenvalue weighted by atomic mass is 10.0. The Labute approximate surface area is 119 Å². The van der Waals surface area contributed by atoms with Gasteiger partial charge in [0.15, 0.2) is 0 Å². The summed E-state index contributed by atoms with van der Waals surface area (Å²) < 4.78 is 1.89. The Kier molecular flexibility index (Phi) is 4.61. The van der Waals surface area contributed by atoms with Crippen LogP contribution in [0, 0.1) is 6.92 Å². The van der Waals surface area contributed by atoms with Gasteiger partial charge in [0, 0.05) is 18.3 Å². The fourth-order valence-electron chi connectivity index (χ4n) is 2.22. The summed E-state index contributed by atoms with van der Waals surface area (Å²) in [6, 6.07) is 8.28. The molecule has 0 aliphatic carbocycles. The summed E-state index contributed by atoms with van der Waals surface area (Å²) in [6.45, 7) is 5.14. The molecule has 19 heavy (non-hydrogen) atoms. The molecule has 1 aromatic carbocycles. The van der Waals surface area contributed by atoms with E-state index in [4.69, 9.17) is 11.6 Å². The first-order chi connectivity index (χ1) is 9.15. The van der Waals surface area contributed by atoms with Crippen LogP contribution in [-0.4, -0.2) is 16.3 Å². The van der Waals surface area contributed by atoms with E-state index in [-0.39, 0.29) is 6.04 Å². The first kappa shape index (κ1) is 14.1. The lowest BCUT2D eigenvalue weighted by Crippen LogP contribution is -2.25. The average molecular weight is 278 g/mol. The van der Waals surface area contributed by atoms with Gasteiger partial charge in [-0.25, -0.2) is 0 Å². The second-order valence-electron chi connectivity index (χ2n) is 4.74. The predicted octanol–water partition coefficient (Wildman–Crippen LogP) is 3.47. The molecule has 2 rings (SSSR count). The highest BCUT2D eigenvalue weighted by atomic mass is 35.5. The van der Waals surface area contributed by atoms with Gasteiger partial charge in [0.05, 0.1) is 11.7 Å². The topological polar surface area (TPSA) is 29.9 Å². The van der Waals surface area contributed by atoms with E-state index in [1.807, 2.05) is 43.0 Å². The van der Waals surface area contributed by atoms with Crippen LogP contribution in [0.2, 0.25) is 5.02 Å². The van der Waals surface area contributed by atoms with Crippen LogP contribution in [0.15, 0.2) is 30.5 Å². The van der Waals surface area contributed by atoms with Crippen molar-refractivity contribution in [1.29, 1.82) is 0 Å². The quantitative estimate of drug-likeness (QED) is 0.907. The number of benzene rings is 1. The molecule has 0 fully saturated rings. The molecular weight excluding hydrogens is 258 g/mol. The lowest BCUT2D eigenvalue weighted by Gasteiger charge is -2.21. The molecule has 1 heterocycles. The highest BCUT2D eigenvalue weighted by molar-refractivity contribution is 6.32. The Morgan fingerprint density at radius 1 is 1.37 bits per heavy atom. The molecular formula is C15H20ClN3. The number of rotatable bonds is 5. The minimum atomic E-state index is 0.0832. The summed E-state index contributed by atoms with van der Waals surface area (Å²) in [5, 5.41) is 8.64. The molecule has 0 saturated carbocycles. The van der Waals surface area contributed by atoms with Crippen LogP contribution < -0.4 is 5.32 Å². The van der Waals surface area contributed by atoms with Crippen molar-refractivity contribution in [1.82, 2.24) is 15.1 Å². The third-order valence-electron chi connectivity index (χ3n) is 3.29. The summed E-state index contributed by atoms with van der Waals surface area (Å²) in [7, 11) is 1.96. The van der Waals surface area contributed by atoms with Gasteiger partial charge in [-0.3, -0.25) is 4.68 Å². The van der Waals surface area contributed by atoms with Crippen LogP contribution in [0.4, 0.5) is 0 Å². The number of hydrogen-bond acceptors (Lipinski definition) is 2. The predicted molar refractivity (Wildman–Crippen MR) is 79.5 cm³/mol. The third kappa shape index (κ3) is 2.99. The van der Waals surface area contributed by atoms with Gasteiger partial charge in [0.2, 0.25) is 0 Å². The van der Waals surface area contributed by atoms with E-state index in [1.165, 1.54) is 0 Å². The molecule has 1 N–H and O–H groups in total. The molecule has 102 valence electrons. The van der Waals surface area contributed by atoms with Crippen molar-refractivity contribution in [3.05, 3.63) is 52.3 Å². The van der Waals surface area contributed by atoms with Crippen molar-refractivity contribution in [3.8, 4) is 0 Å². The summed E-state index contributed by atoms with van der Waals surface area (Å²) >= 11 is 6.47. The van der Waals surface area contributed by atoms with E-state index in [9.17, 15) is 0 Å². The Morgan fingerprint density at radius 3 is 2.79 bits per heavy atom. The zero-order valence-corrected chi connectivity index (χ0v) is 12.4. The summed E-state index contributed by atoms with van der Waals surface area (Å²) in [6.07, 6.45) is 2.90. The number of hydrogen-bond donors (Lipinski definition) is 1. The molecule has 1 unspecified atom stereocenters. The van der Waals surface area contributed by atoms with Crippen LogP contribution in [0.1, 0.15) is 36.2 Å². The molecule has 0 saturated heterocycles. The van der Waals surface area contributed by atoms with E-state index in [0.717, 1.165) is 34.8 Å². The normalized spacial score (nSPS) is 12.6. The van der Waals surface area contributed by atoms with Crippen molar-refractivity contribution in [2.75, 3.05) is 6.54 Å². The first-order valence-corrected chi connectivity index (χ1v) is 6.99. The Bertz CT molecular complexity index is 548. The van der Waals surface area contributed by atoms with E-state index in [1.54, 1.807) is 0 Å². The molecule has 0 aliphatic rings. The SMILES string of the molecule is CCCNC(c1cccc(C)c1Cl)c1ccnn1C. The fourth-order valence-corrected chi connectivity index (χ4v) is 2.46. The summed E-state index contributed by atoms with van der Waals surface area (Å²) in [5.41, 5.74) is 3.34. The number of nitrogens with zero attached hydrogens (tertiary/aromatic N) is 2. The smallest absolute Gasteiger partial charge is 0.0762 e. The van der Waals surface area contributed by atoms with Gasteiger partial charge < -0.3 is 5.32 Å². The molecule has 3 nitrogen and oxygen atoms in total. The van der Waals surface area contributed by atoms with Gasteiger partial charge in [-0.15, -0.1) is 0 Å². The van der Waals surface area contributed by atoms with Gasteiger partial charge in [-0.05, 0) is 37.1 Å². The van der Waals surface area contributed by atoms with E-state index in [0.29, 0.717) is 0 Å². The van der Waals surface area contributed by atoms with E-state index in [2.05, 4.69) is 23.4 Å². The van der Waals surface area contributed by atoms with Crippen LogP contribution in [0.3, 0.4) is 0 Å². The number of halogens is 1. The molecule has 0 spiro atoms. The Balaban J connectivity index is 2.43. The fraction of sp³-hybridized carbons (Fsp3) is 0.400. The molecule has 4 heteroatoms. The Hall–Kier alpha value is -1.32. The van der Waals surface area contributed by atoms with Gasteiger partial charge >= 0.3 is 0 Å². The molecule has 0 bridgehead atoms. The van der Waals surface area contributed by atoms with E-state index >= 15 is 0 Å². The molecule has 1 atom stereocenters. The minimum Gasteiger partial charge on any atom is -0.305 e. The number of aromatic nitrogens is 2. The highest BCUT2D eigenvalue weighted by Gasteiger charge is 2.19. The van der Waals surface area contributed by atoms with Gasteiger partial charge in [0.1, 0.15) is 0 Å². The van der Waals surface area contributed by atoms with Crippen molar-refractivity contribution in [2.24, 2.45) is 7.05 Å². The number of aryl methyl sites for hydroxylation is 2. The van der Waals surface area contributed by atoms with Crippen LogP contribution in [-0.2, 0) is 7.05 Å². The number of nitrogens with one attached hydrogen (secondary N) is 1.